The van der Waals surface area contributed by atoms with Crippen molar-refractivity contribution in [3.8, 4) is 0 Å². The van der Waals surface area contributed by atoms with E-state index < -0.39 is 0 Å². The van der Waals surface area contributed by atoms with Crippen LogP contribution in [-0.4, -0.2) is 35.6 Å². The lowest BCUT2D eigenvalue weighted by Gasteiger charge is -2.30. The molecule has 0 spiro atoms. The van der Waals surface area contributed by atoms with Crippen LogP contribution in [-0.2, 0) is 15.3 Å². The van der Waals surface area contributed by atoms with E-state index >= 15 is 0 Å². The van der Waals surface area contributed by atoms with Crippen molar-refractivity contribution in [1.82, 2.24) is 4.90 Å². The molecule has 120 valence electrons. The molecule has 0 saturated carbocycles. The summed E-state index contributed by atoms with van der Waals surface area (Å²) in [5, 5.41) is 1.24. The lowest BCUT2D eigenvalue weighted by atomic mass is 9.96. The molecule has 2 amide bonds. The Bertz CT molecular complexity index is 540. The number of likely N-dealkylation sites (tertiary alicyclic amines) is 1. The SMILES string of the molecule is NC(=O)C1CCN(C(=O)CSCc2c(Cl)cccc2Cl)CC1. The largest absolute Gasteiger partial charge is 0.369 e. The molecule has 1 aromatic rings. The first-order chi connectivity index (χ1) is 10.5. The van der Waals surface area contributed by atoms with Crippen molar-refractivity contribution in [2.24, 2.45) is 11.7 Å². The van der Waals surface area contributed by atoms with Crippen molar-refractivity contribution in [1.29, 1.82) is 0 Å². The van der Waals surface area contributed by atoms with Crippen LogP contribution in [0, 0.1) is 5.92 Å². The van der Waals surface area contributed by atoms with Crippen LogP contribution >= 0.6 is 35.0 Å². The van der Waals surface area contributed by atoms with Crippen molar-refractivity contribution in [3.63, 3.8) is 0 Å². The molecular formula is C15H18Cl2N2O2S. The Kier molecular flexibility index (Phi) is 6.41. The summed E-state index contributed by atoms with van der Waals surface area (Å²) in [6.45, 7) is 1.19. The quantitative estimate of drug-likeness (QED) is 0.877. The highest BCUT2D eigenvalue weighted by Crippen LogP contribution is 2.28. The zero-order valence-corrected chi connectivity index (χ0v) is 14.4. The van der Waals surface area contributed by atoms with Crippen molar-refractivity contribution in [2.75, 3.05) is 18.8 Å². The fraction of sp³-hybridized carbons (Fsp3) is 0.467. The maximum Gasteiger partial charge on any atom is 0.232 e. The summed E-state index contributed by atoms with van der Waals surface area (Å²) in [5.74, 6) is 0.690. The minimum atomic E-state index is -0.269. The van der Waals surface area contributed by atoms with Crippen LogP contribution in [0.4, 0.5) is 0 Å². The maximum absolute atomic E-state index is 12.2. The molecule has 1 fully saturated rings. The van der Waals surface area contributed by atoms with E-state index in [0.717, 1.165) is 5.56 Å². The zero-order chi connectivity index (χ0) is 16.1. The lowest BCUT2D eigenvalue weighted by molar-refractivity contribution is -0.132. The zero-order valence-electron chi connectivity index (χ0n) is 12.1. The van der Waals surface area contributed by atoms with Crippen LogP contribution in [0.15, 0.2) is 18.2 Å². The predicted octanol–water partition coefficient (Wildman–Crippen LogP) is 2.95. The standard InChI is InChI=1S/C15H18Cl2N2O2S/c16-12-2-1-3-13(17)11(12)8-22-9-14(20)19-6-4-10(5-7-19)15(18)21/h1-3,10H,4-9H2,(H2,18,21). The Morgan fingerprint density at radius 2 is 1.82 bits per heavy atom. The summed E-state index contributed by atoms with van der Waals surface area (Å²) in [6.07, 6.45) is 1.31. The number of benzene rings is 1. The van der Waals surface area contributed by atoms with Gasteiger partial charge in [-0.2, -0.15) is 0 Å². The summed E-state index contributed by atoms with van der Waals surface area (Å²) in [4.78, 5) is 25.1. The molecule has 0 atom stereocenters. The van der Waals surface area contributed by atoms with Gasteiger partial charge in [-0.25, -0.2) is 0 Å². The molecular weight excluding hydrogens is 343 g/mol. The molecule has 1 aromatic carbocycles. The third-order valence-corrected chi connectivity index (χ3v) is 5.44. The minimum absolute atomic E-state index is 0.0797. The molecule has 0 aromatic heterocycles. The minimum Gasteiger partial charge on any atom is -0.369 e. The molecule has 1 aliphatic heterocycles. The third-order valence-electron chi connectivity index (χ3n) is 3.78. The number of halogens is 2. The summed E-state index contributed by atoms with van der Waals surface area (Å²) in [7, 11) is 0. The molecule has 0 bridgehead atoms. The van der Waals surface area contributed by atoms with Crippen molar-refractivity contribution in [2.45, 2.75) is 18.6 Å². The van der Waals surface area contributed by atoms with Crippen LogP contribution in [0.25, 0.3) is 0 Å². The van der Waals surface area contributed by atoms with Crippen molar-refractivity contribution >= 4 is 46.8 Å². The van der Waals surface area contributed by atoms with E-state index in [0.29, 0.717) is 47.5 Å². The molecule has 1 saturated heterocycles. The number of amides is 2. The second-order valence-corrected chi connectivity index (χ2v) is 7.05. The van der Waals surface area contributed by atoms with Gasteiger partial charge < -0.3 is 10.6 Å². The number of thioether (sulfide) groups is 1. The molecule has 1 heterocycles. The first kappa shape index (κ1) is 17.4. The van der Waals surface area contributed by atoms with Gasteiger partial charge in [0.15, 0.2) is 0 Å². The third kappa shape index (κ3) is 4.54. The molecule has 1 aliphatic rings. The number of carbonyl (C=O) groups is 2. The first-order valence-electron chi connectivity index (χ1n) is 7.06. The first-order valence-corrected chi connectivity index (χ1v) is 8.98. The van der Waals surface area contributed by atoms with E-state index in [2.05, 4.69) is 0 Å². The summed E-state index contributed by atoms with van der Waals surface area (Å²) in [5.41, 5.74) is 6.15. The molecule has 2 rings (SSSR count). The smallest absolute Gasteiger partial charge is 0.232 e. The normalized spacial score (nSPS) is 15.8. The molecule has 4 nitrogen and oxygen atoms in total. The average molecular weight is 361 g/mol. The van der Waals surface area contributed by atoms with Gasteiger partial charge in [0.25, 0.3) is 0 Å². The van der Waals surface area contributed by atoms with E-state index in [9.17, 15) is 9.59 Å². The number of piperidine rings is 1. The number of primary amides is 1. The van der Waals surface area contributed by atoms with Crippen LogP contribution in [0.5, 0.6) is 0 Å². The fourth-order valence-corrected chi connectivity index (χ4v) is 4.08. The van der Waals surface area contributed by atoms with Crippen molar-refractivity contribution < 1.29 is 9.59 Å². The Balaban J connectivity index is 1.78. The summed E-state index contributed by atoms with van der Waals surface area (Å²) < 4.78 is 0. The Labute approximate surface area is 144 Å². The van der Waals surface area contributed by atoms with Gasteiger partial charge in [0, 0.05) is 34.8 Å². The second kappa shape index (κ2) is 8.09. The highest BCUT2D eigenvalue weighted by molar-refractivity contribution is 7.99. The van der Waals surface area contributed by atoms with Gasteiger partial charge in [-0.3, -0.25) is 9.59 Å². The summed E-state index contributed by atoms with van der Waals surface area (Å²) in [6, 6.07) is 5.38. The molecule has 0 radical (unpaired) electrons. The molecule has 0 unspecified atom stereocenters. The Morgan fingerprint density at radius 1 is 1.23 bits per heavy atom. The molecule has 0 aliphatic carbocycles. The monoisotopic (exact) mass is 360 g/mol. The van der Waals surface area contributed by atoms with Gasteiger partial charge in [-0.1, -0.05) is 29.3 Å². The van der Waals surface area contributed by atoms with Gasteiger partial charge in [0.1, 0.15) is 0 Å². The highest BCUT2D eigenvalue weighted by atomic mass is 35.5. The molecule has 2 N–H and O–H groups in total. The number of nitrogens with zero attached hydrogens (tertiary/aromatic N) is 1. The second-order valence-electron chi connectivity index (χ2n) is 5.25. The highest BCUT2D eigenvalue weighted by Gasteiger charge is 2.25. The molecule has 22 heavy (non-hydrogen) atoms. The van der Waals surface area contributed by atoms with E-state index in [-0.39, 0.29) is 17.7 Å². The van der Waals surface area contributed by atoms with Gasteiger partial charge >= 0.3 is 0 Å². The van der Waals surface area contributed by atoms with Crippen LogP contribution < -0.4 is 5.73 Å². The predicted molar refractivity (Wildman–Crippen MR) is 91.1 cm³/mol. The van der Waals surface area contributed by atoms with E-state index in [1.807, 2.05) is 0 Å². The van der Waals surface area contributed by atoms with Crippen LogP contribution in [0.2, 0.25) is 10.0 Å². The summed E-state index contributed by atoms with van der Waals surface area (Å²) >= 11 is 13.7. The number of rotatable bonds is 5. The van der Waals surface area contributed by atoms with E-state index in [1.165, 1.54) is 11.8 Å². The van der Waals surface area contributed by atoms with Crippen molar-refractivity contribution in [3.05, 3.63) is 33.8 Å². The number of carbonyl (C=O) groups excluding carboxylic acids is 2. The van der Waals surface area contributed by atoms with Crippen LogP contribution in [0.3, 0.4) is 0 Å². The Hall–Kier alpha value is -0.910. The molecule has 7 heteroatoms. The average Bonchev–Trinajstić information content (AvgIpc) is 2.50. The van der Waals surface area contributed by atoms with Gasteiger partial charge in [0.05, 0.1) is 5.75 Å². The van der Waals surface area contributed by atoms with E-state index in [4.69, 9.17) is 28.9 Å². The number of hydrogen-bond acceptors (Lipinski definition) is 3. The van der Waals surface area contributed by atoms with Crippen LogP contribution in [0.1, 0.15) is 18.4 Å². The number of hydrogen-bond donors (Lipinski definition) is 1. The van der Waals surface area contributed by atoms with Gasteiger partial charge in [0.2, 0.25) is 11.8 Å². The lowest BCUT2D eigenvalue weighted by Crippen LogP contribution is -2.42. The maximum atomic E-state index is 12.2. The van der Waals surface area contributed by atoms with Gasteiger partial charge in [-0.15, -0.1) is 11.8 Å². The topological polar surface area (TPSA) is 63.4 Å². The van der Waals surface area contributed by atoms with Gasteiger partial charge in [-0.05, 0) is 30.5 Å². The Morgan fingerprint density at radius 3 is 2.36 bits per heavy atom. The van der Waals surface area contributed by atoms with E-state index in [1.54, 1.807) is 23.1 Å². The fourth-order valence-electron chi connectivity index (χ4n) is 2.42. The number of nitrogens with two attached hydrogens (primary N) is 1.